The molecule has 0 fully saturated rings. The van der Waals surface area contributed by atoms with Crippen molar-refractivity contribution in [2.75, 3.05) is 7.11 Å². The van der Waals surface area contributed by atoms with E-state index in [9.17, 15) is 5.11 Å². The molecule has 3 heteroatoms. The summed E-state index contributed by atoms with van der Waals surface area (Å²) < 4.78 is 5.18. The van der Waals surface area contributed by atoms with Crippen LogP contribution in [0.25, 0.3) is 0 Å². The number of hydrogen-bond donors (Lipinski definition) is 1. The molecule has 0 saturated heterocycles. The predicted octanol–water partition coefficient (Wildman–Crippen LogP) is 2.58. The van der Waals surface area contributed by atoms with E-state index < -0.39 is 0 Å². The third-order valence-electron chi connectivity index (χ3n) is 2.09. The van der Waals surface area contributed by atoms with Gasteiger partial charge in [0, 0.05) is 0 Å². The highest BCUT2D eigenvalue weighted by molar-refractivity contribution is 6.33. The summed E-state index contributed by atoms with van der Waals surface area (Å²) in [5.41, 5.74) is 1.93. The normalized spacial score (nSPS) is 12.6. The first-order valence-electron chi connectivity index (χ1n) is 4.56. The molecular weight excluding hydrogens is 200 g/mol. The zero-order valence-electron chi connectivity index (χ0n) is 8.67. The maximum Gasteiger partial charge on any atom is 0.140 e. The molecule has 78 valence electrons. The molecule has 1 atom stereocenters. The van der Waals surface area contributed by atoms with Crippen molar-refractivity contribution < 1.29 is 9.84 Å². The second kappa shape index (κ2) is 4.67. The number of aryl methyl sites for hydroxylation is 1. The van der Waals surface area contributed by atoms with E-state index in [0.29, 0.717) is 17.2 Å². The molecule has 0 saturated carbocycles. The fourth-order valence-electron chi connectivity index (χ4n) is 1.42. The molecule has 0 aliphatic heterocycles. The van der Waals surface area contributed by atoms with Gasteiger partial charge >= 0.3 is 0 Å². The van der Waals surface area contributed by atoms with Gasteiger partial charge < -0.3 is 9.84 Å². The Balaban J connectivity index is 3.08. The molecule has 0 bridgehead atoms. The monoisotopic (exact) mass is 214 g/mol. The molecule has 1 aromatic carbocycles. The minimum absolute atomic E-state index is 0.389. The number of methoxy groups -OCH3 is 1. The summed E-state index contributed by atoms with van der Waals surface area (Å²) in [6.45, 7) is 3.68. The minimum Gasteiger partial charge on any atom is -0.495 e. The van der Waals surface area contributed by atoms with E-state index in [4.69, 9.17) is 16.3 Å². The average Bonchev–Trinajstić information content (AvgIpc) is 2.10. The van der Waals surface area contributed by atoms with Gasteiger partial charge in [0.2, 0.25) is 0 Å². The molecule has 0 aliphatic carbocycles. The quantitative estimate of drug-likeness (QED) is 0.838. The van der Waals surface area contributed by atoms with Crippen molar-refractivity contribution in [1.82, 2.24) is 0 Å². The summed E-state index contributed by atoms with van der Waals surface area (Å²) in [4.78, 5) is 0. The smallest absolute Gasteiger partial charge is 0.140 e. The SMILES string of the molecule is COc1c(C)ccc(CC(C)O)c1Cl. The van der Waals surface area contributed by atoms with Crippen molar-refractivity contribution in [3.63, 3.8) is 0 Å². The largest absolute Gasteiger partial charge is 0.495 e. The van der Waals surface area contributed by atoms with Gasteiger partial charge in [-0.05, 0) is 31.4 Å². The Bertz CT molecular complexity index is 321. The lowest BCUT2D eigenvalue weighted by Gasteiger charge is -2.12. The number of hydrogen-bond acceptors (Lipinski definition) is 2. The highest BCUT2D eigenvalue weighted by Crippen LogP contribution is 2.32. The molecule has 2 nitrogen and oxygen atoms in total. The van der Waals surface area contributed by atoms with Crippen LogP contribution in [0.4, 0.5) is 0 Å². The third-order valence-corrected chi connectivity index (χ3v) is 2.51. The first-order valence-corrected chi connectivity index (χ1v) is 4.94. The zero-order valence-corrected chi connectivity index (χ0v) is 9.43. The van der Waals surface area contributed by atoms with Crippen LogP contribution in [-0.2, 0) is 6.42 Å². The van der Waals surface area contributed by atoms with Gasteiger partial charge in [-0.3, -0.25) is 0 Å². The van der Waals surface area contributed by atoms with Gasteiger partial charge in [-0.15, -0.1) is 0 Å². The van der Waals surface area contributed by atoms with Crippen LogP contribution in [0.2, 0.25) is 5.02 Å². The van der Waals surface area contributed by atoms with E-state index in [0.717, 1.165) is 11.1 Å². The fraction of sp³-hybridized carbons (Fsp3) is 0.455. The summed E-state index contributed by atoms with van der Waals surface area (Å²) in [6, 6.07) is 3.87. The van der Waals surface area contributed by atoms with Gasteiger partial charge in [-0.25, -0.2) is 0 Å². The molecule has 1 N–H and O–H groups in total. The van der Waals surface area contributed by atoms with E-state index >= 15 is 0 Å². The van der Waals surface area contributed by atoms with Crippen LogP contribution in [0.5, 0.6) is 5.75 Å². The third kappa shape index (κ3) is 2.40. The van der Waals surface area contributed by atoms with Gasteiger partial charge in [-0.2, -0.15) is 0 Å². The molecule has 0 radical (unpaired) electrons. The Kier molecular flexibility index (Phi) is 3.78. The lowest BCUT2D eigenvalue weighted by molar-refractivity contribution is 0.195. The standard InChI is InChI=1S/C11H15ClO2/c1-7-4-5-9(6-8(2)13)10(12)11(7)14-3/h4-5,8,13H,6H2,1-3H3. The van der Waals surface area contributed by atoms with E-state index in [-0.39, 0.29) is 6.10 Å². The molecular formula is C11H15ClO2. The van der Waals surface area contributed by atoms with Crippen LogP contribution in [0.1, 0.15) is 18.1 Å². The van der Waals surface area contributed by atoms with Gasteiger partial charge in [0.15, 0.2) is 0 Å². The number of aliphatic hydroxyl groups excluding tert-OH is 1. The molecule has 1 aromatic rings. The van der Waals surface area contributed by atoms with Crippen molar-refractivity contribution in [2.45, 2.75) is 26.4 Å². The molecule has 0 aromatic heterocycles. The summed E-state index contributed by atoms with van der Waals surface area (Å²) in [7, 11) is 1.60. The van der Waals surface area contributed by atoms with Crippen molar-refractivity contribution in [3.05, 3.63) is 28.3 Å². The van der Waals surface area contributed by atoms with Crippen LogP contribution >= 0.6 is 11.6 Å². The van der Waals surface area contributed by atoms with E-state index in [1.807, 2.05) is 19.1 Å². The second-order valence-electron chi connectivity index (χ2n) is 3.44. The van der Waals surface area contributed by atoms with E-state index in [1.54, 1.807) is 14.0 Å². The lowest BCUT2D eigenvalue weighted by atomic mass is 10.1. The Labute approximate surface area is 89.5 Å². The number of rotatable bonds is 3. The fourth-order valence-corrected chi connectivity index (χ4v) is 1.79. The van der Waals surface area contributed by atoms with Crippen LogP contribution in [0.15, 0.2) is 12.1 Å². The average molecular weight is 215 g/mol. The summed E-state index contributed by atoms with van der Waals surface area (Å²) in [5.74, 6) is 0.699. The first kappa shape index (κ1) is 11.3. The molecule has 0 heterocycles. The Morgan fingerprint density at radius 3 is 2.64 bits per heavy atom. The van der Waals surface area contributed by atoms with Crippen molar-refractivity contribution in [3.8, 4) is 5.75 Å². The van der Waals surface area contributed by atoms with E-state index in [2.05, 4.69) is 0 Å². The van der Waals surface area contributed by atoms with Crippen molar-refractivity contribution >= 4 is 11.6 Å². The lowest BCUT2D eigenvalue weighted by Crippen LogP contribution is -2.05. The van der Waals surface area contributed by atoms with Crippen LogP contribution < -0.4 is 4.74 Å². The van der Waals surface area contributed by atoms with Crippen molar-refractivity contribution in [2.24, 2.45) is 0 Å². The number of benzene rings is 1. The minimum atomic E-state index is -0.389. The predicted molar refractivity (Wildman–Crippen MR) is 58.1 cm³/mol. The molecule has 14 heavy (non-hydrogen) atoms. The van der Waals surface area contributed by atoms with Crippen LogP contribution in [-0.4, -0.2) is 18.3 Å². The van der Waals surface area contributed by atoms with E-state index in [1.165, 1.54) is 0 Å². The highest BCUT2D eigenvalue weighted by atomic mass is 35.5. The topological polar surface area (TPSA) is 29.5 Å². The zero-order chi connectivity index (χ0) is 10.7. The van der Waals surface area contributed by atoms with Gasteiger partial charge in [0.05, 0.1) is 18.2 Å². The highest BCUT2D eigenvalue weighted by Gasteiger charge is 2.11. The summed E-state index contributed by atoms with van der Waals surface area (Å²) >= 11 is 6.12. The van der Waals surface area contributed by atoms with Gasteiger partial charge in [0.1, 0.15) is 5.75 Å². The first-order chi connectivity index (χ1) is 6.56. The van der Waals surface area contributed by atoms with Gasteiger partial charge in [0.25, 0.3) is 0 Å². The molecule has 1 rings (SSSR count). The molecule has 1 unspecified atom stereocenters. The number of ether oxygens (including phenoxy) is 1. The second-order valence-corrected chi connectivity index (χ2v) is 3.82. The molecule has 0 amide bonds. The molecule has 0 spiro atoms. The Hall–Kier alpha value is -0.730. The van der Waals surface area contributed by atoms with Crippen LogP contribution in [0.3, 0.4) is 0 Å². The maximum atomic E-state index is 9.26. The van der Waals surface area contributed by atoms with Crippen molar-refractivity contribution in [1.29, 1.82) is 0 Å². The maximum absolute atomic E-state index is 9.26. The van der Waals surface area contributed by atoms with Crippen LogP contribution in [0, 0.1) is 6.92 Å². The Morgan fingerprint density at radius 2 is 2.14 bits per heavy atom. The summed E-state index contributed by atoms with van der Waals surface area (Å²) in [6.07, 6.45) is 0.162. The Morgan fingerprint density at radius 1 is 1.50 bits per heavy atom. The summed E-state index contributed by atoms with van der Waals surface area (Å²) in [5, 5.41) is 9.87. The number of aliphatic hydroxyl groups is 1. The van der Waals surface area contributed by atoms with Gasteiger partial charge in [-0.1, -0.05) is 23.7 Å². The number of halogens is 1. The molecule has 0 aliphatic rings.